The fourth-order valence-electron chi connectivity index (χ4n) is 2.58. The summed E-state index contributed by atoms with van der Waals surface area (Å²) >= 11 is 15.1. The van der Waals surface area contributed by atoms with Gasteiger partial charge in [0.05, 0.1) is 21.4 Å². The molecule has 0 atom stereocenters. The van der Waals surface area contributed by atoms with Crippen molar-refractivity contribution >= 4 is 64.2 Å². The van der Waals surface area contributed by atoms with Crippen LogP contribution in [0.2, 0.25) is 10.0 Å². The number of ether oxygens (including phenoxy) is 1. The second-order valence-corrected chi connectivity index (χ2v) is 10.3. The first kappa shape index (κ1) is 22.3. The van der Waals surface area contributed by atoms with Crippen LogP contribution in [0.1, 0.15) is 20.8 Å². The SMILES string of the molecule is CC(C)(C)OC(=O)N1CCSc2ncc(Cl)cc21.Clc1cnc2c(c1)NCCS2. The Balaban J connectivity index is 0.000000186. The summed E-state index contributed by atoms with van der Waals surface area (Å²) in [5.41, 5.74) is 1.29. The zero-order valence-corrected chi connectivity index (χ0v) is 19.5. The smallest absolute Gasteiger partial charge is 0.414 e. The molecule has 1 N–H and O–H groups in total. The summed E-state index contributed by atoms with van der Waals surface area (Å²) in [6.45, 7) is 7.15. The largest absolute Gasteiger partial charge is 0.443 e. The maximum atomic E-state index is 12.1. The Morgan fingerprint density at radius 1 is 1.10 bits per heavy atom. The maximum Gasteiger partial charge on any atom is 0.414 e. The van der Waals surface area contributed by atoms with Crippen molar-refractivity contribution < 1.29 is 9.53 Å². The Morgan fingerprint density at radius 2 is 1.76 bits per heavy atom. The standard InChI is InChI=1S/C12H15ClN2O2S.C7H7ClN2S/c1-12(2,3)17-11(16)15-4-5-18-10-9(15)6-8(13)7-14-10;8-5-3-6-7(10-4-5)11-2-1-9-6/h6-7H,4-5H2,1-3H3;3-4,9H,1-2H2. The van der Waals surface area contributed by atoms with Gasteiger partial charge in [0.15, 0.2) is 0 Å². The summed E-state index contributed by atoms with van der Waals surface area (Å²) in [7, 11) is 0. The molecule has 0 bridgehead atoms. The molecule has 0 spiro atoms. The number of carbonyl (C=O) groups excluding carboxylic acids is 1. The number of nitrogens with zero attached hydrogens (tertiary/aromatic N) is 3. The van der Waals surface area contributed by atoms with E-state index >= 15 is 0 Å². The lowest BCUT2D eigenvalue weighted by Gasteiger charge is -2.30. The lowest BCUT2D eigenvalue weighted by Crippen LogP contribution is -2.40. The fraction of sp³-hybridized carbons (Fsp3) is 0.421. The summed E-state index contributed by atoms with van der Waals surface area (Å²) in [4.78, 5) is 22.1. The molecule has 156 valence electrons. The number of pyridine rings is 2. The molecule has 29 heavy (non-hydrogen) atoms. The van der Waals surface area contributed by atoms with E-state index in [1.165, 1.54) is 0 Å². The van der Waals surface area contributed by atoms with Crippen molar-refractivity contribution in [2.24, 2.45) is 0 Å². The van der Waals surface area contributed by atoms with Gasteiger partial charge in [-0.3, -0.25) is 4.90 Å². The van der Waals surface area contributed by atoms with E-state index in [0.29, 0.717) is 16.6 Å². The van der Waals surface area contributed by atoms with Crippen LogP contribution in [-0.2, 0) is 4.74 Å². The van der Waals surface area contributed by atoms with Crippen LogP contribution in [0.15, 0.2) is 34.6 Å². The van der Waals surface area contributed by atoms with Crippen LogP contribution in [0.5, 0.6) is 0 Å². The minimum atomic E-state index is -0.506. The molecule has 2 aliphatic heterocycles. The van der Waals surface area contributed by atoms with E-state index in [-0.39, 0.29) is 6.09 Å². The summed E-state index contributed by atoms with van der Waals surface area (Å²) in [5, 5.41) is 6.32. The molecule has 0 fully saturated rings. The van der Waals surface area contributed by atoms with E-state index in [0.717, 1.165) is 39.5 Å². The lowest BCUT2D eigenvalue weighted by atomic mass is 10.2. The zero-order chi connectivity index (χ0) is 21.0. The number of hydrogen-bond donors (Lipinski definition) is 1. The highest BCUT2D eigenvalue weighted by atomic mass is 35.5. The molecule has 2 aliphatic rings. The number of anilines is 2. The normalized spacial score (nSPS) is 15.3. The molecule has 0 radical (unpaired) electrons. The predicted molar refractivity (Wildman–Crippen MR) is 122 cm³/mol. The number of rotatable bonds is 0. The van der Waals surface area contributed by atoms with E-state index < -0.39 is 5.60 Å². The number of aromatic nitrogens is 2. The molecule has 0 aromatic carbocycles. The third-order valence-corrected chi connectivity index (χ3v) is 6.13. The Morgan fingerprint density at radius 3 is 2.48 bits per heavy atom. The number of thioether (sulfide) groups is 2. The van der Waals surface area contributed by atoms with Crippen molar-refractivity contribution in [1.82, 2.24) is 9.97 Å². The first-order valence-electron chi connectivity index (χ1n) is 9.04. The van der Waals surface area contributed by atoms with Crippen molar-refractivity contribution in [3.05, 3.63) is 34.6 Å². The molecule has 6 nitrogen and oxygen atoms in total. The Kier molecular flexibility index (Phi) is 7.42. The van der Waals surface area contributed by atoms with Crippen molar-refractivity contribution in [1.29, 1.82) is 0 Å². The van der Waals surface area contributed by atoms with Crippen molar-refractivity contribution in [3.8, 4) is 0 Å². The van der Waals surface area contributed by atoms with E-state index in [4.69, 9.17) is 27.9 Å². The van der Waals surface area contributed by atoms with Gasteiger partial charge in [-0.2, -0.15) is 0 Å². The molecule has 2 aromatic heterocycles. The molecule has 0 saturated heterocycles. The topological polar surface area (TPSA) is 67.3 Å². The number of nitrogens with one attached hydrogen (secondary N) is 1. The fourth-order valence-corrected chi connectivity index (χ4v) is 4.62. The molecule has 10 heteroatoms. The summed E-state index contributed by atoms with van der Waals surface area (Å²) < 4.78 is 5.38. The maximum absolute atomic E-state index is 12.1. The molecular formula is C19H22Cl2N4O2S2. The van der Waals surface area contributed by atoms with Crippen LogP contribution >= 0.6 is 46.7 Å². The first-order valence-corrected chi connectivity index (χ1v) is 11.8. The average molecular weight is 473 g/mol. The molecule has 4 rings (SSSR count). The van der Waals surface area contributed by atoms with Crippen LogP contribution in [0.4, 0.5) is 16.2 Å². The molecular weight excluding hydrogens is 451 g/mol. The van der Waals surface area contributed by atoms with E-state index in [2.05, 4.69) is 15.3 Å². The van der Waals surface area contributed by atoms with Crippen molar-refractivity contribution in [3.63, 3.8) is 0 Å². The van der Waals surface area contributed by atoms with Gasteiger partial charge in [-0.1, -0.05) is 23.2 Å². The van der Waals surface area contributed by atoms with Gasteiger partial charge in [0, 0.05) is 37.0 Å². The third-order valence-electron chi connectivity index (χ3n) is 3.73. The predicted octanol–water partition coefficient (Wildman–Crippen LogP) is 5.83. The van der Waals surface area contributed by atoms with Gasteiger partial charge in [-0.25, -0.2) is 14.8 Å². The number of amides is 1. The van der Waals surface area contributed by atoms with Crippen LogP contribution in [0, 0.1) is 0 Å². The Hall–Kier alpha value is -1.35. The highest BCUT2D eigenvalue weighted by Crippen LogP contribution is 2.35. The van der Waals surface area contributed by atoms with E-state index in [1.54, 1.807) is 46.9 Å². The number of fused-ring (bicyclic) bond motifs is 2. The van der Waals surface area contributed by atoms with E-state index in [9.17, 15) is 4.79 Å². The number of carbonyl (C=O) groups is 1. The van der Waals surface area contributed by atoms with Gasteiger partial charge in [0.25, 0.3) is 0 Å². The molecule has 0 aliphatic carbocycles. The third kappa shape index (κ3) is 6.31. The summed E-state index contributed by atoms with van der Waals surface area (Å²) in [6.07, 6.45) is 2.92. The van der Waals surface area contributed by atoms with Gasteiger partial charge < -0.3 is 10.1 Å². The van der Waals surface area contributed by atoms with Crippen molar-refractivity contribution in [2.75, 3.05) is 34.8 Å². The van der Waals surface area contributed by atoms with Crippen LogP contribution in [0.3, 0.4) is 0 Å². The number of halogens is 2. The average Bonchev–Trinajstić information content (AvgIpc) is 2.66. The van der Waals surface area contributed by atoms with Gasteiger partial charge in [0.1, 0.15) is 15.7 Å². The first-order chi connectivity index (χ1) is 13.7. The van der Waals surface area contributed by atoms with Gasteiger partial charge in [-0.05, 0) is 32.9 Å². The Bertz CT molecular complexity index is 893. The quantitative estimate of drug-likeness (QED) is 0.516. The van der Waals surface area contributed by atoms with Gasteiger partial charge >= 0.3 is 6.09 Å². The van der Waals surface area contributed by atoms with Crippen LogP contribution in [-0.4, -0.2) is 46.3 Å². The Labute approximate surface area is 189 Å². The van der Waals surface area contributed by atoms with Gasteiger partial charge in [-0.15, -0.1) is 23.5 Å². The highest BCUT2D eigenvalue weighted by molar-refractivity contribution is 7.99. The molecule has 1 amide bonds. The van der Waals surface area contributed by atoms with Crippen LogP contribution < -0.4 is 10.2 Å². The monoisotopic (exact) mass is 472 g/mol. The second kappa shape index (κ2) is 9.64. The molecule has 2 aromatic rings. The second-order valence-electron chi connectivity index (χ2n) is 7.24. The van der Waals surface area contributed by atoms with Gasteiger partial charge in [0.2, 0.25) is 0 Å². The number of hydrogen-bond acceptors (Lipinski definition) is 7. The lowest BCUT2D eigenvalue weighted by molar-refractivity contribution is 0.0581. The molecule has 0 saturated carbocycles. The van der Waals surface area contributed by atoms with Crippen molar-refractivity contribution in [2.45, 2.75) is 36.4 Å². The van der Waals surface area contributed by atoms with Crippen LogP contribution in [0.25, 0.3) is 0 Å². The minimum Gasteiger partial charge on any atom is -0.443 e. The molecule has 0 unspecified atom stereocenters. The molecule has 4 heterocycles. The zero-order valence-electron chi connectivity index (χ0n) is 16.4. The summed E-state index contributed by atoms with van der Waals surface area (Å²) in [6, 6.07) is 3.66. The summed E-state index contributed by atoms with van der Waals surface area (Å²) in [5.74, 6) is 1.89. The highest BCUT2D eigenvalue weighted by Gasteiger charge is 2.28. The van der Waals surface area contributed by atoms with E-state index in [1.807, 2.05) is 26.8 Å². The minimum absolute atomic E-state index is 0.354.